The van der Waals surface area contributed by atoms with E-state index in [4.69, 9.17) is 0 Å². The summed E-state index contributed by atoms with van der Waals surface area (Å²) in [5.74, 6) is 0.160. The normalized spacial score (nSPS) is 14.8. The first-order valence-electron chi connectivity index (χ1n) is 8.44. The summed E-state index contributed by atoms with van der Waals surface area (Å²) in [6.07, 6.45) is 0. The van der Waals surface area contributed by atoms with E-state index in [1.54, 1.807) is 0 Å². The average Bonchev–Trinajstić information content (AvgIpc) is 2.76. The molecule has 2 aromatic rings. The van der Waals surface area contributed by atoms with Gasteiger partial charge in [0.1, 0.15) is 0 Å². The van der Waals surface area contributed by atoms with Crippen LogP contribution < -0.4 is 0 Å². The summed E-state index contributed by atoms with van der Waals surface area (Å²) in [5, 5.41) is 0. The van der Waals surface area contributed by atoms with E-state index >= 15 is 0 Å². The van der Waals surface area contributed by atoms with Gasteiger partial charge in [-0.1, -0.05) is 36.4 Å². The van der Waals surface area contributed by atoms with Crippen molar-refractivity contribution in [1.29, 1.82) is 0 Å². The molecular formula is C23H24O. The fraction of sp³-hybridized carbons (Fsp3) is 0.261. The second-order valence-electron chi connectivity index (χ2n) is 6.82. The minimum absolute atomic E-state index is 0.160. The molecule has 0 atom stereocenters. The van der Waals surface area contributed by atoms with Crippen molar-refractivity contribution in [3.8, 4) is 0 Å². The van der Waals surface area contributed by atoms with Crippen LogP contribution >= 0.6 is 0 Å². The highest BCUT2D eigenvalue weighted by Gasteiger charge is 2.31. The van der Waals surface area contributed by atoms with Gasteiger partial charge in [-0.25, -0.2) is 0 Å². The summed E-state index contributed by atoms with van der Waals surface area (Å²) >= 11 is 0. The third kappa shape index (κ3) is 2.36. The van der Waals surface area contributed by atoms with Gasteiger partial charge >= 0.3 is 0 Å². The standard InChI is InChI=1S/C23H24O/c1-13-9-7-11-19(15(13)3)21-17(5)18(6)22(23(21)24)20-12-8-10-14(2)16(20)4/h7-12H,1-6H3. The molecule has 0 radical (unpaired) electrons. The van der Waals surface area contributed by atoms with Gasteiger partial charge in [-0.05, 0) is 86.1 Å². The zero-order valence-corrected chi connectivity index (χ0v) is 15.4. The fourth-order valence-electron chi connectivity index (χ4n) is 3.53. The van der Waals surface area contributed by atoms with E-state index in [2.05, 4.69) is 65.8 Å². The molecule has 0 fully saturated rings. The Hall–Kier alpha value is -2.41. The van der Waals surface area contributed by atoms with Gasteiger partial charge in [-0.3, -0.25) is 4.79 Å². The summed E-state index contributed by atoms with van der Waals surface area (Å²) in [6, 6.07) is 12.4. The van der Waals surface area contributed by atoms with Crippen LogP contribution in [0.1, 0.15) is 47.2 Å². The molecule has 0 saturated carbocycles. The molecule has 0 bridgehead atoms. The first-order chi connectivity index (χ1) is 11.3. The molecule has 0 spiro atoms. The zero-order chi connectivity index (χ0) is 17.6. The number of carbonyl (C=O) groups is 1. The molecular weight excluding hydrogens is 292 g/mol. The molecule has 3 rings (SSSR count). The summed E-state index contributed by atoms with van der Waals surface area (Å²) in [6.45, 7) is 12.5. The smallest absolute Gasteiger partial charge is 0.194 e. The predicted octanol–water partition coefficient (Wildman–Crippen LogP) is 5.75. The number of aryl methyl sites for hydroxylation is 2. The van der Waals surface area contributed by atoms with Crippen molar-refractivity contribution in [3.63, 3.8) is 0 Å². The highest BCUT2D eigenvalue weighted by molar-refractivity contribution is 6.47. The van der Waals surface area contributed by atoms with Crippen LogP contribution in [0, 0.1) is 27.7 Å². The van der Waals surface area contributed by atoms with Gasteiger partial charge in [0.2, 0.25) is 0 Å². The number of hydrogen-bond donors (Lipinski definition) is 0. The van der Waals surface area contributed by atoms with E-state index < -0.39 is 0 Å². The number of hydrogen-bond acceptors (Lipinski definition) is 1. The van der Waals surface area contributed by atoms with Gasteiger partial charge in [-0.15, -0.1) is 0 Å². The number of Topliss-reactive ketones (excluding diaryl/α,β-unsaturated/α-hetero) is 1. The number of ketones is 1. The Morgan fingerprint density at radius 1 is 0.583 bits per heavy atom. The maximum Gasteiger partial charge on any atom is 0.194 e. The first-order valence-corrected chi connectivity index (χ1v) is 8.44. The number of benzene rings is 2. The van der Waals surface area contributed by atoms with Crippen LogP contribution in [0.5, 0.6) is 0 Å². The van der Waals surface area contributed by atoms with E-state index in [9.17, 15) is 4.79 Å². The zero-order valence-electron chi connectivity index (χ0n) is 15.4. The molecule has 0 unspecified atom stereocenters. The maximum atomic E-state index is 13.3. The summed E-state index contributed by atoms with van der Waals surface area (Å²) in [4.78, 5) is 13.3. The maximum absolute atomic E-state index is 13.3. The van der Waals surface area contributed by atoms with Crippen molar-refractivity contribution in [1.82, 2.24) is 0 Å². The largest absolute Gasteiger partial charge is 0.289 e. The van der Waals surface area contributed by atoms with Gasteiger partial charge < -0.3 is 0 Å². The molecule has 0 saturated heterocycles. The molecule has 0 aliphatic heterocycles. The third-order valence-corrected chi connectivity index (χ3v) is 5.51. The minimum Gasteiger partial charge on any atom is -0.289 e. The summed E-state index contributed by atoms with van der Waals surface area (Å²) < 4.78 is 0. The Labute approximate surface area is 144 Å². The molecule has 24 heavy (non-hydrogen) atoms. The van der Waals surface area contributed by atoms with Gasteiger partial charge in [0, 0.05) is 11.1 Å². The average molecular weight is 316 g/mol. The lowest BCUT2D eigenvalue weighted by molar-refractivity contribution is -0.108. The Kier molecular flexibility index (Phi) is 4.04. The second-order valence-corrected chi connectivity index (χ2v) is 6.82. The van der Waals surface area contributed by atoms with Crippen LogP contribution in [0.4, 0.5) is 0 Å². The molecule has 1 nitrogen and oxygen atoms in total. The van der Waals surface area contributed by atoms with E-state index in [1.165, 1.54) is 22.3 Å². The molecule has 2 aromatic carbocycles. The topological polar surface area (TPSA) is 17.1 Å². The lowest BCUT2D eigenvalue weighted by Crippen LogP contribution is -2.05. The highest BCUT2D eigenvalue weighted by atomic mass is 16.1. The third-order valence-electron chi connectivity index (χ3n) is 5.51. The van der Waals surface area contributed by atoms with Gasteiger partial charge in [0.05, 0.1) is 0 Å². The quantitative estimate of drug-likeness (QED) is 0.689. The first kappa shape index (κ1) is 16.4. The molecule has 122 valence electrons. The number of carbonyl (C=O) groups excluding carboxylic acids is 1. The van der Waals surface area contributed by atoms with E-state index in [0.29, 0.717) is 0 Å². The van der Waals surface area contributed by atoms with Gasteiger partial charge in [-0.2, -0.15) is 0 Å². The lowest BCUT2D eigenvalue weighted by Gasteiger charge is -2.13. The van der Waals surface area contributed by atoms with Crippen molar-refractivity contribution in [2.24, 2.45) is 0 Å². The van der Waals surface area contributed by atoms with Crippen LogP contribution in [0.2, 0.25) is 0 Å². The monoisotopic (exact) mass is 316 g/mol. The summed E-state index contributed by atoms with van der Waals surface area (Å²) in [7, 11) is 0. The van der Waals surface area contributed by atoms with Crippen molar-refractivity contribution in [3.05, 3.63) is 80.9 Å². The van der Waals surface area contributed by atoms with E-state index in [-0.39, 0.29) is 5.78 Å². The lowest BCUT2D eigenvalue weighted by atomic mass is 9.90. The Morgan fingerprint density at radius 2 is 0.958 bits per heavy atom. The van der Waals surface area contributed by atoms with Crippen LogP contribution in [0.15, 0.2) is 47.5 Å². The summed E-state index contributed by atoms with van der Waals surface area (Å²) in [5.41, 5.74) is 10.9. The Balaban J connectivity index is 2.18. The van der Waals surface area contributed by atoms with Gasteiger partial charge in [0.25, 0.3) is 0 Å². The van der Waals surface area contributed by atoms with Crippen LogP contribution in [0.3, 0.4) is 0 Å². The van der Waals surface area contributed by atoms with Crippen molar-refractivity contribution in [2.75, 3.05) is 0 Å². The molecule has 0 aromatic heterocycles. The van der Waals surface area contributed by atoms with Crippen molar-refractivity contribution < 1.29 is 4.79 Å². The fourth-order valence-corrected chi connectivity index (χ4v) is 3.53. The SMILES string of the molecule is CC1=C(c2cccc(C)c2C)C(=O)C(c2cccc(C)c2C)=C1C. The number of rotatable bonds is 2. The molecule has 0 amide bonds. The molecule has 0 N–H and O–H groups in total. The predicted molar refractivity (Wildman–Crippen MR) is 102 cm³/mol. The number of allylic oxidation sites excluding steroid dienone is 4. The second kappa shape index (κ2) is 5.90. The molecule has 1 heteroatoms. The van der Waals surface area contributed by atoms with Gasteiger partial charge in [0.15, 0.2) is 5.78 Å². The van der Waals surface area contributed by atoms with Crippen molar-refractivity contribution in [2.45, 2.75) is 41.5 Å². The van der Waals surface area contributed by atoms with Crippen LogP contribution in [0.25, 0.3) is 11.1 Å². The van der Waals surface area contributed by atoms with Crippen LogP contribution in [-0.2, 0) is 4.79 Å². The van der Waals surface area contributed by atoms with Crippen LogP contribution in [-0.4, -0.2) is 5.78 Å². The highest BCUT2D eigenvalue weighted by Crippen LogP contribution is 2.42. The van der Waals surface area contributed by atoms with Crippen molar-refractivity contribution >= 4 is 16.9 Å². The van der Waals surface area contributed by atoms with E-state index in [1.807, 2.05) is 12.1 Å². The minimum atomic E-state index is 0.160. The molecule has 1 aliphatic carbocycles. The molecule has 0 heterocycles. The Bertz CT molecular complexity index is 848. The molecule has 1 aliphatic rings. The van der Waals surface area contributed by atoms with E-state index in [0.717, 1.165) is 33.4 Å². The Morgan fingerprint density at radius 3 is 1.33 bits per heavy atom.